The summed E-state index contributed by atoms with van der Waals surface area (Å²) in [5.41, 5.74) is 4.31. The molecule has 0 bridgehead atoms. The highest BCUT2D eigenvalue weighted by atomic mass is 28.3. The first-order valence-corrected chi connectivity index (χ1v) is 8.63. The van der Waals surface area contributed by atoms with Crippen LogP contribution in [0.15, 0.2) is 6.20 Å². The van der Waals surface area contributed by atoms with E-state index < -0.39 is 8.07 Å². The SMILES string of the molecule is C[Si](C)(C)C#Cc1cnc(C2CC2)[nH]1. The Kier molecular flexibility index (Phi) is 2.24. The van der Waals surface area contributed by atoms with Gasteiger partial charge in [0.05, 0.1) is 6.20 Å². The number of aromatic amines is 1. The summed E-state index contributed by atoms with van der Waals surface area (Å²) in [5, 5.41) is 0. The maximum atomic E-state index is 4.34. The summed E-state index contributed by atoms with van der Waals surface area (Å²) in [6.07, 6.45) is 4.43. The van der Waals surface area contributed by atoms with E-state index in [4.69, 9.17) is 0 Å². The van der Waals surface area contributed by atoms with Crippen LogP contribution in [0.5, 0.6) is 0 Å². The summed E-state index contributed by atoms with van der Waals surface area (Å²) in [6.45, 7) is 6.74. The van der Waals surface area contributed by atoms with Gasteiger partial charge in [-0.1, -0.05) is 25.6 Å². The van der Waals surface area contributed by atoms with E-state index in [0.29, 0.717) is 5.92 Å². The molecule has 0 amide bonds. The van der Waals surface area contributed by atoms with E-state index in [9.17, 15) is 0 Å². The Labute approximate surface area is 86.2 Å². The molecule has 2 nitrogen and oxygen atoms in total. The van der Waals surface area contributed by atoms with E-state index in [1.807, 2.05) is 6.20 Å². The number of nitrogens with zero attached hydrogens (tertiary/aromatic N) is 1. The molecule has 3 heteroatoms. The lowest BCUT2D eigenvalue weighted by atomic mass is 10.4. The van der Waals surface area contributed by atoms with Crippen LogP contribution in [-0.4, -0.2) is 18.0 Å². The third kappa shape index (κ3) is 2.49. The van der Waals surface area contributed by atoms with Crippen molar-refractivity contribution in [3.05, 3.63) is 17.7 Å². The zero-order valence-electron chi connectivity index (χ0n) is 9.02. The highest BCUT2D eigenvalue weighted by molar-refractivity contribution is 6.83. The first kappa shape index (κ1) is 9.54. The van der Waals surface area contributed by atoms with Crippen molar-refractivity contribution in [1.29, 1.82) is 0 Å². The molecule has 0 aromatic carbocycles. The summed E-state index contributed by atoms with van der Waals surface area (Å²) < 4.78 is 0. The van der Waals surface area contributed by atoms with Gasteiger partial charge in [-0.05, 0) is 12.8 Å². The van der Waals surface area contributed by atoms with Crippen molar-refractivity contribution in [2.75, 3.05) is 0 Å². The van der Waals surface area contributed by atoms with E-state index in [1.165, 1.54) is 12.8 Å². The van der Waals surface area contributed by atoms with Crippen LogP contribution in [-0.2, 0) is 0 Å². The van der Waals surface area contributed by atoms with Crippen LogP contribution in [0.1, 0.15) is 30.3 Å². The zero-order valence-corrected chi connectivity index (χ0v) is 10.0. The van der Waals surface area contributed by atoms with E-state index >= 15 is 0 Å². The summed E-state index contributed by atoms with van der Waals surface area (Å²) >= 11 is 0. The average Bonchev–Trinajstić information content (AvgIpc) is 2.81. The van der Waals surface area contributed by atoms with Gasteiger partial charge >= 0.3 is 0 Å². The van der Waals surface area contributed by atoms with Gasteiger partial charge in [0.2, 0.25) is 0 Å². The lowest BCUT2D eigenvalue weighted by Gasteiger charge is -2.02. The first-order chi connectivity index (χ1) is 6.54. The van der Waals surface area contributed by atoms with Gasteiger partial charge in [0, 0.05) is 5.92 Å². The molecule has 0 atom stereocenters. The Morgan fingerprint density at radius 1 is 1.43 bits per heavy atom. The third-order valence-corrected chi connectivity index (χ3v) is 3.01. The Morgan fingerprint density at radius 3 is 2.71 bits per heavy atom. The number of imidazole rings is 1. The smallest absolute Gasteiger partial charge is 0.129 e. The van der Waals surface area contributed by atoms with Crippen molar-refractivity contribution in [1.82, 2.24) is 9.97 Å². The Balaban J connectivity index is 2.11. The molecule has 74 valence electrons. The van der Waals surface area contributed by atoms with Crippen LogP contribution < -0.4 is 0 Å². The highest BCUT2D eigenvalue weighted by Gasteiger charge is 2.26. The zero-order chi connectivity index (χ0) is 10.2. The number of H-pyrrole nitrogens is 1. The minimum absolute atomic E-state index is 0.692. The second kappa shape index (κ2) is 3.29. The molecular formula is C11H16N2Si. The van der Waals surface area contributed by atoms with E-state index in [1.54, 1.807) is 0 Å². The molecular weight excluding hydrogens is 188 g/mol. The fourth-order valence-corrected chi connectivity index (χ4v) is 1.73. The van der Waals surface area contributed by atoms with Gasteiger partial charge in [0.15, 0.2) is 0 Å². The number of hydrogen-bond acceptors (Lipinski definition) is 1. The predicted molar refractivity (Wildman–Crippen MR) is 60.8 cm³/mol. The maximum Gasteiger partial charge on any atom is 0.129 e. The molecule has 1 aliphatic rings. The summed E-state index contributed by atoms with van der Waals surface area (Å²) in [6, 6.07) is 0. The van der Waals surface area contributed by atoms with Gasteiger partial charge < -0.3 is 4.98 Å². The van der Waals surface area contributed by atoms with Crippen LogP contribution in [0, 0.1) is 11.5 Å². The summed E-state index contributed by atoms with van der Waals surface area (Å²) in [5.74, 6) is 5.00. The molecule has 1 aliphatic carbocycles. The number of hydrogen-bond donors (Lipinski definition) is 1. The average molecular weight is 204 g/mol. The minimum Gasteiger partial charge on any atom is -0.335 e. The molecule has 1 N–H and O–H groups in total. The molecule has 0 saturated heterocycles. The molecule has 1 saturated carbocycles. The second-order valence-electron chi connectivity index (χ2n) is 4.96. The van der Waals surface area contributed by atoms with Crippen LogP contribution in [0.4, 0.5) is 0 Å². The molecule has 1 fully saturated rings. The van der Waals surface area contributed by atoms with Crippen molar-refractivity contribution in [3.8, 4) is 11.5 Å². The molecule has 1 aromatic heterocycles. The van der Waals surface area contributed by atoms with Crippen LogP contribution >= 0.6 is 0 Å². The fraction of sp³-hybridized carbons (Fsp3) is 0.545. The quantitative estimate of drug-likeness (QED) is 0.552. The van der Waals surface area contributed by atoms with Crippen molar-refractivity contribution < 1.29 is 0 Å². The Morgan fingerprint density at radius 2 is 2.14 bits per heavy atom. The molecule has 14 heavy (non-hydrogen) atoms. The molecule has 0 radical (unpaired) electrons. The van der Waals surface area contributed by atoms with Gasteiger partial charge in [-0.2, -0.15) is 0 Å². The molecule has 2 rings (SSSR count). The number of rotatable bonds is 1. The Hall–Kier alpha value is -1.01. The van der Waals surface area contributed by atoms with Crippen LogP contribution in [0.2, 0.25) is 19.6 Å². The van der Waals surface area contributed by atoms with Gasteiger partial charge in [-0.15, -0.1) is 5.54 Å². The van der Waals surface area contributed by atoms with Gasteiger partial charge in [-0.3, -0.25) is 0 Å². The van der Waals surface area contributed by atoms with Gasteiger partial charge in [-0.25, -0.2) is 4.98 Å². The fourth-order valence-electron chi connectivity index (χ4n) is 1.22. The van der Waals surface area contributed by atoms with Crippen LogP contribution in [0.25, 0.3) is 0 Å². The lowest BCUT2D eigenvalue weighted by molar-refractivity contribution is 0.973. The molecule has 0 spiro atoms. The summed E-state index contributed by atoms with van der Waals surface area (Å²) in [7, 11) is -1.25. The monoisotopic (exact) mass is 204 g/mol. The number of aromatic nitrogens is 2. The molecule has 1 heterocycles. The second-order valence-corrected chi connectivity index (χ2v) is 9.71. The van der Waals surface area contributed by atoms with E-state index in [0.717, 1.165) is 11.5 Å². The summed E-state index contributed by atoms with van der Waals surface area (Å²) in [4.78, 5) is 7.62. The van der Waals surface area contributed by atoms with E-state index in [-0.39, 0.29) is 0 Å². The predicted octanol–water partition coefficient (Wildman–Crippen LogP) is 2.52. The van der Waals surface area contributed by atoms with Gasteiger partial charge in [0.25, 0.3) is 0 Å². The largest absolute Gasteiger partial charge is 0.335 e. The van der Waals surface area contributed by atoms with Crippen LogP contribution in [0.3, 0.4) is 0 Å². The first-order valence-electron chi connectivity index (χ1n) is 5.13. The van der Waals surface area contributed by atoms with Crippen molar-refractivity contribution >= 4 is 8.07 Å². The van der Waals surface area contributed by atoms with Crippen molar-refractivity contribution in [3.63, 3.8) is 0 Å². The molecule has 0 unspecified atom stereocenters. The third-order valence-electron chi connectivity index (χ3n) is 2.13. The van der Waals surface area contributed by atoms with Crippen molar-refractivity contribution in [2.24, 2.45) is 0 Å². The van der Waals surface area contributed by atoms with E-state index in [2.05, 4.69) is 41.1 Å². The Bertz CT molecular complexity index is 385. The minimum atomic E-state index is -1.25. The molecule has 0 aliphatic heterocycles. The topological polar surface area (TPSA) is 28.7 Å². The molecule has 1 aromatic rings. The van der Waals surface area contributed by atoms with Gasteiger partial charge in [0.1, 0.15) is 19.6 Å². The standard InChI is InChI=1S/C11H16N2Si/c1-14(2,3)7-6-10-8-12-11(13-10)9-4-5-9/h8-9H,4-5H2,1-3H3,(H,12,13). The lowest BCUT2D eigenvalue weighted by Crippen LogP contribution is -2.16. The normalized spacial score (nSPS) is 16.2. The number of nitrogens with one attached hydrogen (secondary N) is 1. The van der Waals surface area contributed by atoms with Crippen molar-refractivity contribution in [2.45, 2.75) is 38.4 Å². The highest BCUT2D eigenvalue weighted by Crippen LogP contribution is 2.37. The maximum absolute atomic E-state index is 4.34.